The second-order valence-electron chi connectivity index (χ2n) is 7.40. The number of hydrogen-bond donors (Lipinski definition) is 0. The van der Waals surface area contributed by atoms with E-state index in [1.807, 2.05) is 32.0 Å². The smallest absolute Gasteiger partial charge is 0.348 e. The number of ether oxygens (including phenoxy) is 1. The van der Waals surface area contributed by atoms with Crippen LogP contribution in [0.1, 0.15) is 26.6 Å². The molecule has 4 heterocycles. The molecule has 160 valence electrons. The van der Waals surface area contributed by atoms with Crippen molar-refractivity contribution >= 4 is 44.8 Å². The number of carbonyl (C=O) groups excluding carboxylic acids is 1. The molecule has 9 heteroatoms. The number of benzene rings is 1. The van der Waals surface area contributed by atoms with Crippen LogP contribution in [0.2, 0.25) is 5.02 Å². The second kappa shape index (κ2) is 7.89. The summed E-state index contributed by atoms with van der Waals surface area (Å²) in [7, 11) is 0. The zero-order chi connectivity index (χ0) is 22.4. The molecule has 0 fully saturated rings. The van der Waals surface area contributed by atoms with Gasteiger partial charge in [-0.3, -0.25) is 9.20 Å². The van der Waals surface area contributed by atoms with Crippen LogP contribution >= 0.6 is 22.9 Å². The summed E-state index contributed by atoms with van der Waals surface area (Å²) in [5.74, 6) is -0.473. The van der Waals surface area contributed by atoms with Crippen molar-refractivity contribution < 1.29 is 9.53 Å². The zero-order valence-corrected chi connectivity index (χ0v) is 18.8. The van der Waals surface area contributed by atoms with Crippen molar-refractivity contribution in [2.45, 2.75) is 20.5 Å². The third kappa shape index (κ3) is 3.68. The molecule has 0 N–H and O–H groups in total. The van der Waals surface area contributed by atoms with E-state index in [-0.39, 0.29) is 12.2 Å². The Morgan fingerprint density at radius 1 is 1.12 bits per heavy atom. The molecule has 0 saturated heterocycles. The fraction of sp³-hybridized carbons (Fsp3) is 0.130. The Hall–Kier alpha value is -3.49. The molecule has 32 heavy (non-hydrogen) atoms. The van der Waals surface area contributed by atoms with Crippen molar-refractivity contribution in [3.63, 3.8) is 0 Å². The lowest BCUT2D eigenvalue weighted by atomic mass is 10.3. The van der Waals surface area contributed by atoms with Gasteiger partial charge in [-0.05, 0) is 55.8 Å². The van der Waals surface area contributed by atoms with Gasteiger partial charge >= 0.3 is 5.97 Å². The minimum absolute atomic E-state index is 0.0883. The number of nitrogens with zero attached hydrogens (tertiary/aromatic N) is 4. The first-order valence-corrected chi connectivity index (χ1v) is 11.0. The molecule has 4 aromatic heterocycles. The van der Waals surface area contributed by atoms with Gasteiger partial charge in [0.15, 0.2) is 0 Å². The average molecular weight is 465 g/mol. The van der Waals surface area contributed by atoms with E-state index < -0.39 is 5.97 Å². The lowest BCUT2D eigenvalue weighted by Gasteiger charge is -2.06. The lowest BCUT2D eigenvalue weighted by molar-refractivity contribution is 0.0473. The van der Waals surface area contributed by atoms with Gasteiger partial charge in [-0.15, -0.1) is 11.3 Å². The highest BCUT2D eigenvalue weighted by atomic mass is 35.5. The Kier molecular flexibility index (Phi) is 5.03. The number of hydrogen-bond acceptors (Lipinski definition) is 6. The van der Waals surface area contributed by atoms with Crippen molar-refractivity contribution in [3.8, 4) is 5.69 Å². The molecule has 7 nitrogen and oxygen atoms in total. The first kappa shape index (κ1) is 20.4. The molecular weight excluding hydrogens is 448 g/mol. The quantitative estimate of drug-likeness (QED) is 0.359. The fourth-order valence-electron chi connectivity index (χ4n) is 3.45. The van der Waals surface area contributed by atoms with E-state index in [1.54, 1.807) is 35.1 Å². The van der Waals surface area contributed by atoms with Crippen LogP contribution < -0.4 is 5.56 Å². The van der Waals surface area contributed by atoms with Gasteiger partial charge in [0.1, 0.15) is 22.0 Å². The summed E-state index contributed by atoms with van der Waals surface area (Å²) >= 11 is 7.29. The van der Waals surface area contributed by atoms with Crippen LogP contribution in [-0.2, 0) is 11.3 Å². The first-order chi connectivity index (χ1) is 15.4. The Morgan fingerprint density at radius 3 is 2.69 bits per heavy atom. The third-order valence-corrected chi connectivity index (χ3v) is 6.37. The normalized spacial score (nSPS) is 11.3. The van der Waals surface area contributed by atoms with Crippen molar-refractivity contribution in [2.75, 3.05) is 0 Å². The summed E-state index contributed by atoms with van der Waals surface area (Å²) in [6.07, 6.45) is 1.73. The number of rotatable bonds is 4. The number of aryl methyl sites for hydroxylation is 2. The van der Waals surface area contributed by atoms with Gasteiger partial charge in [0.05, 0.1) is 17.1 Å². The Morgan fingerprint density at radius 2 is 1.91 bits per heavy atom. The minimum atomic E-state index is -0.473. The van der Waals surface area contributed by atoms with Crippen LogP contribution in [0.15, 0.2) is 59.5 Å². The van der Waals surface area contributed by atoms with Crippen molar-refractivity contribution in [2.24, 2.45) is 0 Å². The predicted molar refractivity (Wildman–Crippen MR) is 124 cm³/mol. The molecule has 5 aromatic rings. The monoisotopic (exact) mass is 464 g/mol. The summed E-state index contributed by atoms with van der Waals surface area (Å²) < 4.78 is 8.71. The standard InChI is InChI=1S/C23H17ClN4O3S/c1-13-3-8-20-25-16(9-21(29)27(20)11-13)12-31-23(30)19-10-18-14(2)26-28(22(18)32-19)17-6-4-15(24)5-7-17/h3-11H,12H2,1-2H3. The summed E-state index contributed by atoms with van der Waals surface area (Å²) in [5, 5.41) is 6.10. The summed E-state index contributed by atoms with van der Waals surface area (Å²) in [5.41, 5.74) is 3.31. The third-order valence-electron chi connectivity index (χ3n) is 5.03. The van der Waals surface area contributed by atoms with Gasteiger partial charge in [0, 0.05) is 22.7 Å². The highest BCUT2D eigenvalue weighted by Crippen LogP contribution is 2.31. The molecule has 0 aliphatic heterocycles. The zero-order valence-electron chi connectivity index (χ0n) is 17.2. The van der Waals surface area contributed by atoms with Gasteiger partial charge in [-0.2, -0.15) is 5.10 Å². The number of fused-ring (bicyclic) bond motifs is 2. The van der Waals surface area contributed by atoms with E-state index >= 15 is 0 Å². The molecule has 0 aliphatic rings. The van der Waals surface area contributed by atoms with E-state index in [0.717, 1.165) is 27.2 Å². The van der Waals surface area contributed by atoms with Gasteiger partial charge in [-0.1, -0.05) is 17.7 Å². The van der Waals surface area contributed by atoms with Gasteiger partial charge in [0.25, 0.3) is 5.56 Å². The maximum Gasteiger partial charge on any atom is 0.348 e. The molecule has 0 bridgehead atoms. The van der Waals surface area contributed by atoms with E-state index in [4.69, 9.17) is 16.3 Å². The highest BCUT2D eigenvalue weighted by Gasteiger charge is 2.18. The van der Waals surface area contributed by atoms with Crippen molar-refractivity contribution in [3.05, 3.63) is 91.9 Å². The molecule has 0 amide bonds. The number of pyridine rings is 1. The minimum Gasteiger partial charge on any atom is -0.455 e. The Balaban J connectivity index is 1.40. The van der Waals surface area contributed by atoms with Gasteiger partial charge < -0.3 is 4.74 Å². The maximum absolute atomic E-state index is 12.7. The van der Waals surface area contributed by atoms with Crippen LogP contribution in [0, 0.1) is 13.8 Å². The molecule has 0 aliphatic carbocycles. The number of halogens is 1. The van der Waals surface area contributed by atoms with Crippen LogP contribution in [0.4, 0.5) is 0 Å². The summed E-state index contributed by atoms with van der Waals surface area (Å²) in [4.78, 5) is 30.8. The first-order valence-electron chi connectivity index (χ1n) is 9.80. The molecule has 0 radical (unpaired) electrons. The predicted octanol–water partition coefficient (Wildman–Crippen LogP) is 4.72. The van der Waals surface area contributed by atoms with Crippen LogP contribution in [0.3, 0.4) is 0 Å². The average Bonchev–Trinajstić information content (AvgIpc) is 3.34. The molecule has 5 rings (SSSR count). The van der Waals surface area contributed by atoms with Crippen LogP contribution in [-0.4, -0.2) is 25.1 Å². The second-order valence-corrected chi connectivity index (χ2v) is 8.87. The molecule has 0 spiro atoms. The van der Waals surface area contributed by atoms with Gasteiger partial charge in [-0.25, -0.2) is 14.5 Å². The van der Waals surface area contributed by atoms with E-state index in [9.17, 15) is 9.59 Å². The number of esters is 1. The fourth-order valence-corrected chi connectivity index (χ4v) is 4.65. The van der Waals surface area contributed by atoms with Gasteiger partial charge in [0.2, 0.25) is 0 Å². The summed E-state index contributed by atoms with van der Waals surface area (Å²) in [6.45, 7) is 3.71. The number of aromatic nitrogens is 4. The molecule has 0 saturated carbocycles. The Labute approximate surface area is 191 Å². The lowest BCUT2D eigenvalue weighted by Crippen LogP contribution is -2.16. The van der Waals surface area contributed by atoms with E-state index in [1.165, 1.54) is 21.8 Å². The molecule has 0 atom stereocenters. The highest BCUT2D eigenvalue weighted by molar-refractivity contribution is 7.20. The SMILES string of the molecule is Cc1ccc2nc(COC(=O)c3cc4c(C)nn(-c5ccc(Cl)cc5)c4s3)cc(=O)n2c1. The molecule has 0 unspecified atom stereocenters. The van der Waals surface area contributed by atoms with E-state index in [2.05, 4.69) is 10.1 Å². The van der Waals surface area contributed by atoms with Crippen molar-refractivity contribution in [1.29, 1.82) is 0 Å². The molecule has 1 aromatic carbocycles. The number of thiophene rings is 1. The van der Waals surface area contributed by atoms with E-state index in [0.29, 0.717) is 21.2 Å². The maximum atomic E-state index is 12.7. The topological polar surface area (TPSA) is 78.5 Å². The summed E-state index contributed by atoms with van der Waals surface area (Å²) in [6, 6.07) is 14.1. The number of carbonyl (C=O) groups is 1. The van der Waals surface area contributed by atoms with Crippen molar-refractivity contribution in [1.82, 2.24) is 19.2 Å². The van der Waals surface area contributed by atoms with Crippen LogP contribution in [0.25, 0.3) is 21.6 Å². The van der Waals surface area contributed by atoms with Crippen LogP contribution in [0.5, 0.6) is 0 Å². The largest absolute Gasteiger partial charge is 0.455 e. The Bertz CT molecular complexity index is 1550. The molecular formula is C23H17ClN4O3S.